The van der Waals surface area contributed by atoms with Crippen LogP contribution in [0.3, 0.4) is 0 Å². The molecule has 6 bridgehead atoms. The molecule has 6 nitrogen and oxygen atoms in total. The van der Waals surface area contributed by atoms with E-state index in [0.717, 1.165) is 38.9 Å². The summed E-state index contributed by atoms with van der Waals surface area (Å²) in [6.07, 6.45) is 0. The monoisotopic (exact) mass is 874 g/mol. The second-order valence-electron chi connectivity index (χ2n) is 19.9. The van der Waals surface area contributed by atoms with E-state index in [1.54, 1.807) is 0 Å². The third-order valence-corrected chi connectivity index (χ3v) is 14.6. The number of hydrogen-bond donors (Lipinski definition) is 0. The highest BCUT2D eigenvalue weighted by molar-refractivity contribution is 5.97. The van der Waals surface area contributed by atoms with E-state index in [1.807, 2.05) is 54.6 Å². The van der Waals surface area contributed by atoms with Crippen molar-refractivity contribution in [3.63, 3.8) is 0 Å². The first kappa shape index (κ1) is 40.1. The molecule has 6 heteroatoms. The zero-order chi connectivity index (χ0) is 45.9. The first-order valence-corrected chi connectivity index (χ1v) is 23.4. The molecule has 1 spiro atoms. The van der Waals surface area contributed by atoms with Crippen LogP contribution in [0.1, 0.15) is 73.6 Å². The Bertz CT molecular complexity index is 3630. The van der Waals surface area contributed by atoms with E-state index >= 15 is 0 Å². The first-order valence-electron chi connectivity index (χ1n) is 23.4. The number of benzene rings is 8. The number of aromatic nitrogens is 6. The minimum Gasteiger partial charge on any atom is -0.208 e. The van der Waals surface area contributed by atoms with Crippen LogP contribution in [0, 0.1) is 0 Å². The Balaban J connectivity index is 1.14. The summed E-state index contributed by atoms with van der Waals surface area (Å²) in [5.41, 5.74) is 17.8. The SMILES string of the molecule is CC(C)(C)c1ccc2c(c1)C13c4cc(-c5nc(-c6ccccc6)nc(-c6ccccc6)n5)ccc4-c4ccc(cc41)-c1nc(-c4ccccc4)nc(n1)-c1ccccc1C(C)(C)c1ccc-2c3c1. The maximum atomic E-state index is 5.39. The molecule has 68 heavy (non-hydrogen) atoms. The van der Waals surface area contributed by atoms with Crippen LogP contribution in [-0.4, -0.2) is 29.9 Å². The molecule has 0 saturated carbocycles. The molecular weight excluding hydrogens is 829 g/mol. The zero-order valence-corrected chi connectivity index (χ0v) is 38.6. The van der Waals surface area contributed by atoms with Crippen LogP contribution in [0.15, 0.2) is 188 Å². The molecular formula is C62H46N6. The van der Waals surface area contributed by atoms with Gasteiger partial charge < -0.3 is 0 Å². The van der Waals surface area contributed by atoms with Gasteiger partial charge in [-0.15, -0.1) is 0 Å². The Hall–Kier alpha value is -8.22. The summed E-state index contributed by atoms with van der Waals surface area (Å²) in [5.74, 6) is 3.82. The Morgan fingerprint density at radius 1 is 0.309 bits per heavy atom. The lowest BCUT2D eigenvalue weighted by atomic mass is 9.67. The predicted octanol–water partition coefficient (Wildman–Crippen LogP) is 14.3. The lowest BCUT2D eigenvalue weighted by Crippen LogP contribution is -2.28. The average molecular weight is 875 g/mol. The quantitative estimate of drug-likeness (QED) is 0.175. The predicted molar refractivity (Wildman–Crippen MR) is 273 cm³/mol. The van der Waals surface area contributed by atoms with E-state index in [9.17, 15) is 0 Å². The number of hydrogen-bond acceptors (Lipinski definition) is 6. The highest BCUT2D eigenvalue weighted by Crippen LogP contribution is 2.64. The molecule has 10 aromatic rings. The fourth-order valence-corrected chi connectivity index (χ4v) is 11.0. The summed E-state index contributed by atoms with van der Waals surface area (Å²) in [5, 5.41) is 0. The number of fused-ring (bicyclic) bond motifs is 11. The van der Waals surface area contributed by atoms with Crippen LogP contribution < -0.4 is 0 Å². The van der Waals surface area contributed by atoms with Crippen LogP contribution >= 0.6 is 0 Å². The van der Waals surface area contributed by atoms with Gasteiger partial charge in [0.2, 0.25) is 0 Å². The zero-order valence-electron chi connectivity index (χ0n) is 38.6. The molecule has 0 fully saturated rings. The molecule has 3 aliphatic rings. The largest absolute Gasteiger partial charge is 0.208 e. The molecule has 1 unspecified atom stereocenters. The molecule has 0 amide bonds. The van der Waals surface area contributed by atoms with E-state index in [2.05, 4.69) is 168 Å². The van der Waals surface area contributed by atoms with Crippen LogP contribution in [-0.2, 0) is 16.2 Å². The lowest BCUT2D eigenvalue weighted by molar-refractivity contribution is 0.588. The van der Waals surface area contributed by atoms with Gasteiger partial charge in [-0.3, -0.25) is 0 Å². The van der Waals surface area contributed by atoms with Gasteiger partial charge in [-0.05, 0) is 78.7 Å². The van der Waals surface area contributed by atoms with E-state index in [1.165, 1.54) is 55.6 Å². The van der Waals surface area contributed by atoms with E-state index in [0.29, 0.717) is 34.9 Å². The lowest BCUT2D eigenvalue weighted by Gasteiger charge is -2.34. The minimum absolute atomic E-state index is 0.101. The second kappa shape index (κ2) is 14.6. The van der Waals surface area contributed by atoms with E-state index < -0.39 is 10.8 Å². The van der Waals surface area contributed by atoms with Crippen molar-refractivity contribution >= 4 is 0 Å². The molecule has 3 heterocycles. The summed E-state index contributed by atoms with van der Waals surface area (Å²) >= 11 is 0. The maximum absolute atomic E-state index is 5.39. The van der Waals surface area contributed by atoms with Crippen molar-refractivity contribution in [2.45, 2.75) is 50.9 Å². The topological polar surface area (TPSA) is 77.3 Å². The molecule has 1 aliphatic heterocycles. The standard InChI is InChI=1S/C62H46N6/c1-60(2,3)42-27-31-46-47-32-28-43-36-53(47)62(52(46)35-42)50-33-40(57-64-54(37-17-9-6-10-18-37)63-55(65-57)38-19-11-7-12-20-38)25-29-44(50)45-30-26-41(34-51(45)62)58-66-56(39-21-13-8-14-22-39)67-59(68-58)48-23-15-16-24-49(48)61(43,4)5/h6-36H,1-5H3. The van der Waals surface area contributed by atoms with Crippen molar-refractivity contribution in [1.82, 2.24) is 29.9 Å². The van der Waals surface area contributed by atoms with Gasteiger partial charge in [-0.25, -0.2) is 29.9 Å². The van der Waals surface area contributed by atoms with Gasteiger partial charge in [-0.2, -0.15) is 0 Å². The number of rotatable bonds is 4. The van der Waals surface area contributed by atoms with Crippen LogP contribution in [0.2, 0.25) is 0 Å². The fourth-order valence-electron chi connectivity index (χ4n) is 11.0. The Morgan fingerprint density at radius 2 is 0.691 bits per heavy atom. The van der Waals surface area contributed by atoms with Gasteiger partial charge in [0.1, 0.15) is 0 Å². The summed E-state index contributed by atoms with van der Waals surface area (Å²) in [7, 11) is 0. The molecule has 8 aromatic carbocycles. The van der Waals surface area contributed by atoms with Crippen LogP contribution in [0.5, 0.6) is 0 Å². The summed E-state index contributed by atoms with van der Waals surface area (Å²) < 4.78 is 0. The van der Waals surface area contributed by atoms with Crippen molar-refractivity contribution in [3.8, 4) is 90.6 Å². The van der Waals surface area contributed by atoms with Crippen LogP contribution in [0.25, 0.3) is 90.6 Å². The van der Waals surface area contributed by atoms with E-state index in [-0.39, 0.29) is 5.41 Å². The van der Waals surface area contributed by atoms with Gasteiger partial charge in [0, 0.05) is 38.8 Å². The van der Waals surface area contributed by atoms with Crippen molar-refractivity contribution in [2.24, 2.45) is 0 Å². The van der Waals surface area contributed by atoms with Crippen LogP contribution in [0.4, 0.5) is 0 Å². The maximum Gasteiger partial charge on any atom is 0.164 e. The Morgan fingerprint density at radius 3 is 1.18 bits per heavy atom. The molecule has 1 atom stereocenters. The molecule has 13 rings (SSSR count). The fraction of sp³-hybridized carbons (Fsp3) is 0.129. The Kier molecular flexibility index (Phi) is 8.63. The molecule has 324 valence electrons. The van der Waals surface area contributed by atoms with Gasteiger partial charge in [0.15, 0.2) is 34.9 Å². The van der Waals surface area contributed by atoms with Crippen molar-refractivity contribution in [1.29, 1.82) is 0 Å². The summed E-state index contributed by atoms with van der Waals surface area (Å²) in [6, 6.07) is 67.4. The molecule has 2 aliphatic carbocycles. The first-order chi connectivity index (χ1) is 33.1. The molecule has 0 saturated heterocycles. The van der Waals surface area contributed by atoms with Crippen molar-refractivity contribution < 1.29 is 0 Å². The smallest absolute Gasteiger partial charge is 0.164 e. The Labute approximate surface area is 396 Å². The third-order valence-electron chi connectivity index (χ3n) is 14.6. The summed E-state index contributed by atoms with van der Waals surface area (Å²) in [4.78, 5) is 31.5. The third kappa shape index (κ3) is 5.96. The molecule has 0 radical (unpaired) electrons. The van der Waals surface area contributed by atoms with Gasteiger partial charge in [0.25, 0.3) is 0 Å². The van der Waals surface area contributed by atoms with Crippen molar-refractivity contribution in [3.05, 3.63) is 227 Å². The second-order valence-corrected chi connectivity index (χ2v) is 19.9. The normalized spacial score (nSPS) is 15.6. The molecule has 2 aromatic heterocycles. The molecule has 0 N–H and O–H groups in total. The van der Waals surface area contributed by atoms with Gasteiger partial charge in [0.05, 0.1) is 5.41 Å². The minimum atomic E-state index is -0.724. The van der Waals surface area contributed by atoms with Gasteiger partial charge >= 0.3 is 0 Å². The van der Waals surface area contributed by atoms with E-state index in [4.69, 9.17) is 29.9 Å². The highest BCUT2D eigenvalue weighted by atomic mass is 15.0. The van der Waals surface area contributed by atoms with Crippen molar-refractivity contribution in [2.75, 3.05) is 0 Å². The number of nitrogens with zero attached hydrogens (tertiary/aromatic N) is 6. The average Bonchev–Trinajstić information content (AvgIpc) is 3.84. The summed E-state index contributed by atoms with van der Waals surface area (Å²) in [6.45, 7) is 11.6. The van der Waals surface area contributed by atoms with Gasteiger partial charge in [-0.1, -0.05) is 211 Å². The highest BCUT2D eigenvalue weighted by Gasteiger charge is 2.53.